The van der Waals surface area contributed by atoms with E-state index in [1.165, 1.54) is 7.11 Å². The Morgan fingerprint density at radius 3 is 2.82 bits per heavy atom. The van der Waals surface area contributed by atoms with Crippen molar-refractivity contribution in [3.63, 3.8) is 0 Å². The molecule has 3 aromatic rings. The number of rotatable bonds is 5. The molecule has 0 aliphatic heterocycles. The second kappa shape index (κ2) is 9.01. The smallest absolute Gasteiger partial charge is 0.339 e. The highest BCUT2D eigenvalue weighted by Gasteiger charge is 2.13. The minimum absolute atomic E-state index is 0.219. The van der Waals surface area contributed by atoms with E-state index in [2.05, 4.69) is 20.8 Å². The molecule has 1 heterocycles. The molecule has 10 heteroatoms. The molecule has 0 amide bonds. The molecule has 0 aliphatic carbocycles. The molecule has 0 saturated heterocycles. The van der Waals surface area contributed by atoms with Crippen LogP contribution in [-0.4, -0.2) is 28.3 Å². The van der Waals surface area contributed by atoms with E-state index in [4.69, 9.17) is 44.7 Å². The Hall–Kier alpha value is -2.68. The Labute approximate surface area is 176 Å². The Balaban J connectivity index is 1.60. The van der Waals surface area contributed by atoms with Crippen LogP contribution in [-0.2, 0) is 11.3 Å². The van der Waals surface area contributed by atoms with Crippen molar-refractivity contribution >= 4 is 52.2 Å². The van der Waals surface area contributed by atoms with E-state index in [1.54, 1.807) is 36.4 Å². The van der Waals surface area contributed by atoms with Gasteiger partial charge in [0.2, 0.25) is 11.7 Å². The number of ether oxygens (including phenoxy) is 1. The molecule has 7 nitrogen and oxygen atoms in total. The van der Waals surface area contributed by atoms with Crippen LogP contribution in [0.15, 0.2) is 47.0 Å². The lowest BCUT2D eigenvalue weighted by Crippen LogP contribution is -2.28. The number of carbonyl (C=O) groups is 1. The van der Waals surface area contributed by atoms with Gasteiger partial charge < -0.3 is 19.9 Å². The van der Waals surface area contributed by atoms with E-state index < -0.39 is 5.97 Å². The van der Waals surface area contributed by atoms with Crippen LogP contribution in [0.3, 0.4) is 0 Å². The lowest BCUT2D eigenvalue weighted by molar-refractivity contribution is 0.0601. The Kier molecular flexibility index (Phi) is 6.45. The highest BCUT2D eigenvalue weighted by atomic mass is 35.5. The summed E-state index contributed by atoms with van der Waals surface area (Å²) in [6.45, 7) is 0.219. The molecule has 28 heavy (non-hydrogen) atoms. The molecule has 3 rings (SSSR count). The number of esters is 1. The first-order valence-electron chi connectivity index (χ1n) is 7.97. The number of benzene rings is 2. The summed E-state index contributed by atoms with van der Waals surface area (Å²) in [7, 11) is 1.28. The maximum Gasteiger partial charge on any atom is 0.339 e. The molecule has 0 radical (unpaired) electrons. The standard InChI is InChI=1S/C18H14Cl2N4O3S/c1-26-17(25)13-8-12(5-6-14(13)20)22-18(28)21-9-15-23-16(24-27-15)10-3-2-4-11(19)7-10/h2-8H,9H2,1H3,(H2,21,22,28). The number of anilines is 1. The SMILES string of the molecule is COC(=O)c1cc(NC(=S)NCc2nc(-c3cccc(Cl)c3)no2)ccc1Cl. The molecule has 0 aliphatic rings. The number of nitrogens with one attached hydrogen (secondary N) is 2. The van der Waals surface area contributed by atoms with Gasteiger partial charge in [-0.25, -0.2) is 4.79 Å². The second-order valence-corrected chi connectivity index (χ2v) is 6.77. The highest BCUT2D eigenvalue weighted by molar-refractivity contribution is 7.80. The number of carbonyl (C=O) groups excluding carboxylic acids is 1. The third-order valence-electron chi connectivity index (χ3n) is 3.58. The molecule has 0 spiro atoms. The van der Waals surface area contributed by atoms with Gasteiger partial charge in [0.1, 0.15) is 0 Å². The van der Waals surface area contributed by atoms with Crippen LogP contribution in [0, 0.1) is 0 Å². The minimum Gasteiger partial charge on any atom is -0.465 e. The Bertz CT molecular complexity index is 1030. The van der Waals surface area contributed by atoms with E-state index in [0.29, 0.717) is 27.5 Å². The largest absolute Gasteiger partial charge is 0.465 e. The van der Waals surface area contributed by atoms with Crippen molar-refractivity contribution in [1.29, 1.82) is 0 Å². The number of aromatic nitrogens is 2. The van der Waals surface area contributed by atoms with Crippen molar-refractivity contribution in [2.24, 2.45) is 0 Å². The molecule has 1 aromatic heterocycles. The number of thiocarbonyl (C=S) groups is 1. The zero-order chi connectivity index (χ0) is 20.1. The van der Waals surface area contributed by atoms with Crippen molar-refractivity contribution in [3.8, 4) is 11.4 Å². The number of hydrogen-bond acceptors (Lipinski definition) is 6. The summed E-state index contributed by atoms with van der Waals surface area (Å²) < 4.78 is 9.90. The van der Waals surface area contributed by atoms with Gasteiger partial charge in [-0.3, -0.25) is 0 Å². The zero-order valence-electron chi connectivity index (χ0n) is 14.5. The molecule has 0 saturated carbocycles. The average molecular weight is 437 g/mol. The summed E-state index contributed by atoms with van der Waals surface area (Å²) in [6, 6.07) is 12.0. The predicted octanol–water partition coefficient (Wildman–Crippen LogP) is 4.32. The van der Waals surface area contributed by atoms with Gasteiger partial charge in [-0.1, -0.05) is 40.5 Å². The molecule has 2 aromatic carbocycles. The third kappa shape index (κ3) is 4.98. The Morgan fingerprint density at radius 2 is 2.07 bits per heavy atom. The highest BCUT2D eigenvalue weighted by Crippen LogP contribution is 2.22. The van der Waals surface area contributed by atoms with Crippen molar-refractivity contribution in [2.75, 3.05) is 12.4 Å². The molecule has 0 bridgehead atoms. The molecule has 2 N–H and O–H groups in total. The monoisotopic (exact) mass is 436 g/mol. The van der Waals surface area contributed by atoms with Crippen molar-refractivity contribution in [2.45, 2.75) is 6.54 Å². The van der Waals surface area contributed by atoms with Crippen molar-refractivity contribution in [1.82, 2.24) is 15.5 Å². The van der Waals surface area contributed by atoms with Gasteiger partial charge in [-0.05, 0) is 42.5 Å². The lowest BCUT2D eigenvalue weighted by atomic mass is 10.2. The second-order valence-electron chi connectivity index (χ2n) is 5.52. The van der Waals surface area contributed by atoms with Crippen LogP contribution in [0.2, 0.25) is 10.0 Å². The maximum atomic E-state index is 11.7. The first-order valence-corrected chi connectivity index (χ1v) is 9.14. The number of halogens is 2. The van der Waals surface area contributed by atoms with Gasteiger partial charge in [0.05, 0.1) is 24.2 Å². The van der Waals surface area contributed by atoms with Crippen LogP contribution in [0.5, 0.6) is 0 Å². The summed E-state index contributed by atoms with van der Waals surface area (Å²) in [5.74, 6) is 0.246. The molecule has 0 fully saturated rings. The fourth-order valence-electron chi connectivity index (χ4n) is 2.27. The van der Waals surface area contributed by atoms with E-state index >= 15 is 0 Å². The summed E-state index contributed by atoms with van der Waals surface area (Å²) in [5, 5.41) is 11.0. The van der Waals surface area contributed by atoms with Gasteiger partial charge in [-0.2, -0.15) is 4.98 Å². The Morgan fingerprint density at radius 1 is 1.25 bits per heavy atom. The van der Waals surface area contributed by atoms with Crippen LogP contribution >= 0.6 is 35.4 Å². The molecular weight excluding hydrogens is 423 g/mol. The lowest BCUT2D eigenvalue weighted by Gasteiger charge is -2.10. The van der Waals surface area contributed by atoms with Gasteiger partial charge in [0.25, 0.3) is 0 Å². The first-order chi connectivity index (χ1) is 13.5. The van der Waals surface area contributed by atoms with Crippen molar-refractivity contribution < 1.29 is 14.1 Å². The molecule has 144 valence electrons. The predicted molar refractivity (Wildman–Crippen MR) is 111 cm³/mol. The normalized spacial score (nSPS) is 10.4. The third-order valence-corrected chi connectivity index (χ3v) is 4.39. The quantitative estimate of drug-likeness (QED) is 0.451. The van der Waals surface area contributed by atoms with Gasteiger partial charge >= 0.3 is 5.97 Å². The molecule has 0 unspecified atom stereocenters. The van der Waals surface area contributed by atoms with Crippen LogP contribution in [0.4, 0.5) is 5.69 Å². The number of nitrogens with zero attached hydrogens (tertiary/aromatic N) is 2. The van der Waals surface area contributed by atoms with Gasteiger partial charge in [0, 0.05) is 16.3 Å². The summed E-state index contributed by atoms with van der Waals surface area (Å²) in [6.07, 6.45) is 0. The van der Waals surface area contributed by atoms with E-state index in [1.807, 2.05) is 6.07 Å². The summed E-state index contributed by atoms with van der Waals surface area (Å²) in [4.78, 5) is 16.0. The summed E-state index contributed by atoms with van der Waals surface area (Å²) >= 11 is 17.2. The van der Waals surface area contributed by atoms with E-state index in [0.717, 1.165) is 5.56 Å². The number of methoxy groups -OCH3 is 1. The van der Waals surface area contributed by atoms with E-state index in [9.17, 15) is 4.79 Å². The van der Waals surface area contributed by atoms with Crippen molar-refractivity contribution in [3.05, 3.63) is 64.0 Å². The maximum absolute atomic E-state index is 11.7. The van der Waals surface area contributed by atoms with Crippen LogP contribution in [0.1, 0.15) is 16.2 Å². The molecule has 0 atom stereocenters. The van der Waals surface area contributed by atoms with E-state index in [-0.39, 0.29) is 17.1 Å². The fraction of sp³-hybridized carbons (Fsp3) is 0.111. The number of hydrogen-bond donors (Lipinski definition) is 2. The summed E-state index contributed by atoms with van der Waals surface area (Å²) in [5.41, 5.74) is 1.56. The zero-order valence-corrected chi connectivity index (χ0v) is 16.9. The van der Waals surface area contributed by atoms with Crippen LogP contribution in [0.25, 0.3) is 11.4 Å². The minimum atomic E-state index is -0.535. The van der Waals surface area contributed by atoms with Crippen LogP contribution < -0.4 is 10.6 Å². The topological polar surface area (TPSA) is 89.3 Å². The fourth-order valence-corrected chi connectivity index (χ4v) is 2.85. The molecular formula is C18H14Cl2N4O3S. The van der Waals surface area contributed by atoms with Gasteiger partial charge in [0.15, 0.2) is 5.11 Å². The average Bonchev–Trinajstić information content (AvgIpc) is 3.16. The van der Waals surface area contributed by atoms with Gasteiger partial charge in [-0.15, -0.1) is 0 Å². The first kappa shape index (κ1) is 20.1.